The number of hydrogen-bond donors (Lipinski definition) is 0. The molecule has 2 aliphatic heterocycles. The number of rotatable bonds is 5. The third-order valence-corrected chi connectivity index (χ3v) is 5.85. The molecular formula is C23H27N3O4. The monoisotopic (exact) mass is 409 g/mol. The first-order chi connectivity index (χ1) is 14.4. The third kappa shape index (κ3) is 2.96. The van der Waals surface area contributed by atoms with E-state index >= 15 is 0 Å². The number of hydrogen-bond acceptors (Lipinski definition) is 7. The minimum Gasteiger partial charge on any atom is -0.493 e. The highest BCUT2D eigenvalue weighted by Gasteiger charge is 2.52. The van der Waals surface area contributed by atoms with E-state index in [0.717, 1.165) is 28.8 Å². The number of nitrogens with zero attached hydrogens (tertiary/aromatic N) is 3. The predicted molar refractivity (Wildman–Crippen MR) is 115 cm³/mol. The van der Waals surface area contributed by atoms with Crippen LogP contribution in [0.15, 0.2) is 41.5 Å². The molecule has 158 valence electrons. The Hall–Kier alpha value is -3.22. The largest absolute Gasteiger partial charge is 0.493 e. The molecule has 2 heterocycles. The van der Waals surface area contributed by atoms with E-state index in [1.807, 2.05) is 53.2 Å². The van der Waals surface area contributed by atoms with E-state index in [-0.39, 0.29) is 0 Å². The van der Waals surface area contributed by atoms with Crippen molar-refractivity contribution in [1.82, 2.24) is 4.90 Å². The number of esters is 1. The fraction of sp³-hybridized carbons (Fsp3) is 0.391. The molecular weight excluding hydrogens is 382 g/mol. The fourth-order valence-corrected chi connectivity index (χ4v) is 4.29. The van der Waals surface area contributed by atoms with Crippen molar-refractivity contribution in [3.8, 4) is 11.5 Å². The lowest BCUT2D eigenvalue weighted by Crippen LogP contribution is -2.55. The molecule has 0 fully saturated rings. The molecule has 0 aromatic heterocycles. The van der Waals surface area contributed by atoms with Crippen molar-refractivity contribution >= 4 is 17.5 Å². The van der Waals surface area contributed by atoms with Gasteiger partial charge in [0, 0.05) is 12.1 Å². The summed E-state index contributed by atoms with van der Waals surface area (Å²) < 4.78 is 16.4. The molecule has 2 aromatic rings. The molecule has 0 bridgehead atoms. The van der Waals surface area contributed by atoms with Crippen LogP contribution >= 0.6 is 0 Å². The fourth-order valence-electron chi connectivity index (χ4n) is 4.29. The molecule has 1 atom stereocenters. The third-order valence-electron chi connectivity index (χ3n) is 5.85. The molecule has 2 aromatic carbocycles. The van der Waals surface area contributed by atoms with Gasteiger partial charge in [0.2, 0.25) is 5.84 Å². The van der Waals surface area contributed by atoms with Crippen LogP contribution < -0.4 is 14.5 Å². The van der Waals surface area contributed by atoms with E-state index in [1.165, 1.54) is 0 Å². The number of benzene rings is 2. The molecule has 4 rings (SSSR count). The summed E-state index contributed by atoms with van der Waals surface area (Å²) in [6.07, 6.45) is 0.755. The van der Waals surface area contributed by atoms with Gasteiger partial charge in [-0.3, -0.25) is 0 Å². The minimum absolute atomic E-state index is 0.300. The second-order valence-corrected chi connectivity index (χ2v) is 7.58. The lowest BCUT2D eigenvalue weighted by atomic mass is 9.87. The summed E-state index contributed by atoms with van der Waals surface area (Å²) in [6.45, 7) is 6.86. The van der Waals surface area contributed by atoms with Crippen molar-refractivity contribution in [2.45, 2.75) is 32.9 Å². The van der Waals surface area contributed by atoms with Crippen molar-refractivity contribution in [3.63, 3.8) is 0 Å². The topological polar surface area (TPSA) is 63.6 Å². The first-order valence-corrected chi connectivity index (χ1v) is 10.1. The zero-order valence-corrected chi connectivity index (χ0v) is 18.1. The van der Waals surface area contributed by atoms with E-state index in [2.05, 4.69) is 6.92 Å². The number of anilines is 1. The van der Waals surface area contributed by atoms with Crippen LogP contribution in [-0.4, -0.2) is 44.1 Å². The lowest BCUT2D eigenvalue weighted by molar-refractivity contribution is -0.136. The van der Waals surface area contributed by atoms with Crippen molar-refractivity contribution in [1.29, 1.82) is 0 Å². The average molecular weight is 409 g/mol. The normalized spacial score (nSPS) is 19.7. The van der Waals surface area contributed by atoms with E-state index in [9.17, 15) is 4.79 Å². The lowest BCUT2D eigenvalue weighted by Gasteiger charge is -2.46. The van der Waals surface area contributed by atoms with Gasteiger partial charge in [-0.05, 0) is 57.0 Å². The summed E-state index contributed by atoms with van der Waals surface area (Å²) in [5.74, 6) is 1.25. The zero-order chi connectivity index (χ0) is 21.5. The summed E-state index contributed by atoms with van der Waals surface area (Å²) in [5, 5.41) is 6.65. The molecule has 0 aliphatic carbocycles. The Labute approximate surface area is 176 Å². The van der Waals surface area contributed by atoms with E-state index < -0.39 is 11.6 Å². The van der Waals surface area contributed by atoms with E-state index in [1.54, 1.807) is 21.1 Å². The van der Waals surface area contributed by atoms with Crippen molar-refractivity contribution < 1.29 is 19.0 Å². The summed E-state index contributed by atoms with van der Waals surface area (Å²) >= 11 is 0. The molecule has 0 radical (unpaired) electrons. The van der Waals surface area contributed by atoms with Gasteiger partial charge < -0.3 is 19.1 Å². The van der Waals surface area contributed by atoms with Crippen molar-refractivity contribution in [2.24, 2.45) is 5.10 Å². The van der Waals surface area contributed by atoms with Gasteiger partial charge in [0.15, 0.2) is 17.2 Å². The molecule has 0 saturated heterocycles. The van der Waals surface area contributed by atoms with Gasteiger partial charge >= 0.3 is 5.97 Å². The molecule has 7 nitrogen and oxygen atoms in total. The summed E-state index contributed by atoms with van der Waals surface area (Å²) in [5.41, 5.74) is 3.52. The van der Waals surface area contributed by atoms with Crippen LogP contribution in [0.25, 0.3) is 0 Å². The molecule has 7 heteroatoms. The van der Waals surface area contributed by atoms with Gasteiger partial charge in [-0.25, -0.2) is 9.80 Å². The Morgan fingerprint density at radius 1 is 1.13 bits per heavy atom. The Morgan fingerprint density at radius 3 is 2.43 bits per heavy atom. The number of methoxy groups -OCH3 is 2. The second kappa shape index (κ2) is 7.55. The van der Waals surface area contributed by atoms with Crippen molar-refractivity contribution in [3.05, 3.63) is 53.1 Å². The smallest absolute Gasteiger partial charge is 0.376 e. The molecule has 0 spiro atoms. The van der Waals surface area contributed by atoms with Crippen LogP contribution in [0.5, 0.6) is 11.5 Å². The van der Waals surface area contributed by atoms with Gasteiger partial charge in [-0.1, -0.05) is 17.7 Å². The first kappa shape index (κ1) is 20.1. The summed E-state index contributed by atoms with van der Waals surface area (Å²) in [6, 6.07) is 12.1. The summed E-state index contributed by atoms with van der Waals surface area (Å²) in [4.78, 5) is 14.8. The Kier molecular flexibility index (Phi) is 5.05. The van der Waals surface area contributed by atoms with Crippen LogP contribution in [0, 0.1) is 6.92 Å². The number of carbonyl (C=O) groups is 1. The van der Waals surface area contributed by atoms with Gasteiger partial charge in [0.05, 0.1) is 26.5 Å². The van der Waals surface area contributed by atoms with Crippen LogP contribution in [-0.2, 0) is 21.6 Å². The number of fused-ring (bicyclic) bond motifs is 3. The number of ether oxygens (including phenoxy) is 3. The average Bonchev–Trinajstić information content (AvgIpc) is 3.07. The molecule has 30 heavy (non-hydrogen) atoms. The standard InChI is InChI=1S/C23H27N3O4/c1-6-30-22(27)21-24-26(17-9-7-15(2)8-10-17)23(3)18-14-20(29-5)19(28-4)13-16(18)11-12-25(21)23/h7-10,13-14H,6,11-12H2,1-5H3. The quantitative estimate of drug-likeness (QED) is 0.705. The molecule has 2 aliphatic rings. The maximum Gasteiger partial charge on any atom is 0.376 e. The van der Waals surface area contributed by atoms with Gasteiger partial charge in [0.1, 0.15) is 0 Å². The van der Waals surface area contributed by atoms with E-state index in [0.29, 0.717) is 30.5 Å². The molecule has 0 N–H and O–H groups in total. The van der Waals surface area contributed by atoms with Gasteiger partial charge in [0.25, 0.3) is 0 Å². The molecule has 0 amide bonds. The number of hydrazone groups is 1. The van der Waals surface area contributed by atoms with Gasteiger partial charge in [-0.15, -0.1) is 5.10 Å². The maximum absolute atomic E-state index is 12.7. The number of aryl methyl sites for hydroxylation is 1. The zero-order valence-electron chi connectivity index (χ0n) is 18.1. The minimum atomic E-state index is -0.704. The Bertz CT molecular complexity index is 1000. The number of amidine groups is 1. The second-order valence-electron chi connectivity index (χ2n) is 7.58. The first-order valence-electron chi connectivity index (χ1n) is 10.1. The van der Waals surface area contributed by atoms with Crippen LogP contribution in [0.2, 0.25) is 0 Å². The number of carbonyl (C=O) groups excluding carboxylic acids is 1. The van der Waals surface area contributed by atoms with Crippen LogP contribution in [0.3, 0.4) is 0 Å². The summed E-state index contributed by atoms with van der Waals surface area (Å²) in [7, 11) is 3.26. The molecule has 1 unspecified atom stereocenters. The predicted octanol–water partition coefficient (Wildman–Crippen LogP) is 3.44. The Morgan fingerprint density at radius 2 is 1.80 bits per heavy atom. The van der Waals surface area contributed by atoms with Gasteiger partial charge in [-0.2, -0.15) is 0 Å². The molecule has 0 saturated carbocycles. The van der Waals surface area contributed by atoms with E-state index in [4.69, 9.17) is 19.3 Å². The highest BCUT2D eigenvalue weighted by atomic mass is 16.5. The maximum atomic E-state index is 12.7. The van der Waals surface area contributed by atoms with Crippen molar-refractivity contribution in [2.75, 3.05) is 32.4 Å². The highest BCUT2D eigenvalue weighted by Crippen LogP contribution is 2.47. The van der Waals surface area contributed by atoms with Crippen LogP contribution in [0.4, 0.5) is 5.69 Å². The Balaban J connectivity index is 1.90. The van der Waals surface area contributed by atoms with Crippen LogP contribution in [0.1, 0.15) is 30.5 Å². The SMILES string of the molecule is CCOC(=O)C1=NN(c2ccc(C)cc2)C2(C)c3cc(OC)c(OC)cc3CCN12. The highest BCUT2D eigenvalue weighted by molar-refractivity contribution is 6.36.